The second kappa shape index (κ2) is 10.6. The number of halogens is 4. The van der Waals surface area contributed by atoms with Crippen molar-refractivity contribution >= 4 is 52.2 Å². The van der Waals surface area contributed by atoms with Crippen molar-refractivity contribution in [3.8, 4) is 0 Å². The van der Waals surface area contributed by atoms with Gasteiger partial charge in [-0.3, -0.25) is 4.79 Å². The Morgan fingerprint density at radius 3 is 1.75 bits per heavy atom. The van der Waals surface area contributed by atoms with E-state index in [-0.39, 0.29) is 23.7 Å². The lowest BCUT2D eigenvalue weighted by atomic mass is 9.93. The number of rotatable bonds is 2. The van der Waals surface area contributed by atoms with Crippen LogP contribution in [0.1, 0.15) is 69.0 Å². The predicted octanol–water partition coefficient (Wildman–Crippen LogP) is 9.27. The molecule has 0 saturated heterocycles. The van der Waals surface area contributed by atoms with Crippen LogP contribution >= 0.6 is 46.4 Å². The molecule has 0 fully saturated rings. The van der Waals surface area contributed by atoms with Crippen molar-refractivity contribution in [3.63, 3.8) is 0 Å². The molecule has 0 radical (unpaired) electrons. The maximum Gasteiger partial charge on any atom is 0.164 e. The molecule has 0 aromatic heterocycles. The maximum atomic E-state index is 11.9. The van der Waals surface area contributed by atoms with E-state index in [1.165, 1.54) is 5.56 Å². The smallest absolute Gasteiger partial charge is 0.164 e. The summed E-state index contributed by atoms with van der Waals surface area (Å²) in [4.78, 5) is 11.9. The summed E-state index contributed by atoms with van der Waals surface area (Å²) in [5.41, 5.74) is 6.27. The van der Waals surface area contributed by atoms with Crippen LogP contribution in [0.3, 0.4) is 0 Å². The number of ketones is 1. The number of carbonyl (C=O) groups is 1. The molecule has 3 atom stereocenters. The molecule has 6 heteroatoms. The molecule has 0 aliphatic heterocycles. The lowest BCUT2D eigenvalue weighted by molar-refractivity contribution is 0.0991. The fourth-order valence-corrected chi connectivity index (χ4v) is 5.75. The van der Waals surface area contributed by atoms with Gasteiger partial charge in [-0.15, -0.1) is 0 Å². The minimum atomic E-state index is -0.388. The molecule has 2 aliphatic rings. The monoisotopic (exact) mass is 554 g/mol. The van der Waals surface area contributed by atoms with Gasteiger partial charge < -0.3 is 5.11 Å². The third-order valence-corrected chi connectivity index (χ3v) is 8.39. The lowest BCUT2D eigenvalue weighted by Gasteiger charge is -2.12. The van der Waals surface area contributed by atoms with Crippen LogP contribution in [-0.4, -0.2) is 10.9 Å². The summed E-state index contributed by atoms with van der Waals surface area (Å²) in [7, 11) is 0. The van der Waals surface area contributed by atoms with Gasteiger partial charge in [0, 0.05) is 23.8 Å². The number of aliphatic hydroxyl groups is 1. The van der Waals surface area contributed by atoms with E-state index < -0.39 is 0 Å². The highest BCUT2D eigenvalue weighted by Crippen LogP contribution is 2.44. The van der Waals surface area contributed by atoms with Crippen molar-refractivity contribution in [2.75, 3.05) is 0 Å². The van der Waals surface area contributed by atoms with E-state index in [9.17, 15) is 9.90 Å². The van der Waals surface area contributed by atoms with Gasteiger partial charge in [-0.25, -0.2) is 0 Å². The largest absolute Gasteiger partial charge is 0.388 e. The van der Waals surface area contributed by atoms with Gasteiger partial charge in [0.2, 0.25) is 0 Å². The number of benzene rings is 4. The first kappa shape index (κ1) is 25.3. The summed E-state index contributed by atoms with van der Waals surface area (Å²) in [5, 5.41) is 12.3. The molecule has 0 heterocycles. The highest BCUT2D eigenvalue weighted by molar-refractivity contribution is 6.42. The van der Waals surface area contributed by atoms with Crippen LogP contribution in [-0.2, 0) is 0 Å². The molecule has 36 heavy (non-hydrogen) atoms. The molecule has 0 spiro atoms. The van der Waals surface area contributed by atoms with E-state index >= 15 is 0 Å². The highest BCUT2D eigenvalue weighted by atomic mass is 35.5. The van der Waals surface area contributed by atoms with E-state index in [1.54, 1.807) is 6.07 Å². The first-order chi connectivity index (χ1) is 17.3. The van der Waals surface area contributed by atoms with Gasteiger partial charge in [0.25, 0.3) is 0 Å². The van der Waals surface area contributed by atoms with Crippen LogP contribution in [0.25, 0.3) is 0 Å². The number of hydrogen-bond acceptors (Lipinski definition) is 2. The molecule has 0 bridgehead atoms. The summed E-state index contributed by atoms with van der Waals surface area (Å²) in [6.45, 7) is 0. The zero-order chi connectivity index (χ0) is 25.4. The Morgan fingerprint density at radius 2 is 1.14 bits per heavy atom. The fourth-order valence-electron chi connectivity index (χ4n) is 5.14. The number of hydrogen-bond donors (Lipinski definition) is 1. The summed E-state index contributed by atoms with van der Waals surface area (Å²) < 4.78 is 0. The first-order valence-electron chi connectivity index (χ1n) is 11.6. The van der Waals surface area contributed by atoms with Crippen molar-refractivity contribution in [2.45, 2.75) is 30.8 Å². The normalized spacial score (nSPS) is 19.9. The summed E-state index contributed by atoms with van der Waals surface area (Å²) in [6.07, 6.45) is 0.829. The van der Waals surface area contributed by atoms with Gasteiger partial charge >= 0.3 is 0 Å². The van der Waals surface area contributed by atoms with Crippen LogP contribution in [0.2, 0.25) is 20.1 Å². The third-order valence-electron chi connectivity index (χ3n) is 6.91. The van der Waals surface area contributed by atoms with E-state index in [0.717, 1.165) is 27.8 Å². The SMILES string of the molecule is O=C1CC(c2ccc(Cl)c(Cl)c2)c2ccccc21.OC1CC(c2ccc(Cl)c(Cl)c2)c2ccccc21. The minimum absolute atomic E-state index is 0.100. The first-order valence-corrected chi connectivity index (χ1v) is 13.1. The average Bonchev–Trinajstić information content (AvgIpc) is 3.40. The van der Waals surface area contributed by atoms with Crippen LogP contribution in [0.5, 0.6) is 0 Å². The Kier molecular flexibility index (Phi) is 7.44. The molecule has 0 amide bonds. The molecule has 4 aromatic rings. The zero-order valence-corrected chi connectivity index (χ0v) is 22.1. The van der Waals surface area contributed by atoms with Crippen molar-refractivity contribution in [2.24, 2.45) is 0 Å². The van der Waals surface area contributed by atoms with Crippen LogP contribution in [0.15, 0.2) is 84.9 Å². The molecule has 0 saturated carbocycles. The number of carbonyl (C=O) groups excluding carboxylic acids is 1. The minimum Gasteiger partial charge on any atom is -0.388 e. The van der Waals surface area contributed by atoms with Crippen molar-refractivity contribution in [1.82, 2.24) is 0 Å². The Bertz CT molecular complexity index is 1450. The van der Waals surface area contributed by atoms with E-state index in [2.05, 4.69) is 6.07 Å². The quantitative estimate of drug-likeness (QED) is 0.267. The standard InChI is InChI=1S/C15H12Cl2O.C15H10Cl2O/c2*16-13-6-5-9(7-14(13)17)12-8-15(18)11-4-2-1-3-10(11)12/h1-7,12,15,18H,8H2;1-7,12H,8H2. The van der Waals surface area contributed by atoms with Crippen molar-refractivity contribution < 1.29 is 9.90 Å². The number of fused-ring (bicyclic) bond motifs is 2. The maximum absolute atomic E-state index is 11.9. The Balaban J connectivity index is 0.000000148. The van der Waals surface area contributed by atoms with Crippen molar-refractivity contribution in [3.05, 3.63) is 138 Å². The molecule has 1 N–H and O–H groups in total. The Morgan fingerprint density at radius 1 is 0.611 bits per heavy atom. The fraction of sp³-hybridized carbons (Fsp3) is 0.167. The molecule has 2 nitrogen and oxygen atoms in total. The lowest BCUT2D eigenvalue weighted by Crippen LogP contribution is -1.96. The topological polar surface area (TPSA) is 37.3 Å². The molecular weight excluding hydrogens is 534 g/mol. The highest BCUT2D eigenvalue weighted by Gasteiger charge is 2.31. The average molecular weight is 556 g/mol. The summed E-state index contributed by atoms with van der Waals surface area (Å²) >= 11 is 24.0. The van der Waals surface area contributed by atoms with Crippen LogP contribution in [0.4, 0.5) is 0 Å². The second-order valence-electron chi connectivity index (χ2n) is 9.05. The Hall–Kier alpha value is -2.33. The number of Topliss-reactive ketones (excluding diaryl/α,β-unsaturated/α-hetero) is 1. The molecule has 3 unspecified atom stereocenters. The molecular formula is C30H22Cl4O2. The van der Waals surface area contributed by atoms with Crippen LogP contribution in [0, 0.1) is 0 Å². The van der Waals surface area contributed by atoms with E-state index in [1.807, 2.05) is 72.8 Å². The predicted molar refractivity (Wildman–Crippen MR) is 148 cm³/mol. The van der Waals surface area contributed by atoms with Crippen LogP contribution < -0.4 is 0 Å². The third kappa shape index (κ3) is 4.94. The Labute approximate surface area is 230 Å². The molecule has 4 aromatic carbocycles. The molecule has 6 rings (SSSR count). The van der Waals surface area contributed by atoms with E-state index in [0.29, 0.717) is 32.9 Å². The second-order valence-corrected chi connectivity index (χ2v) is 10.7. The molecule has 2 aliphatic carbocycles. The van der Waals surface area contributed by atoms with Gasteiger partial charge in [-0.2, -0.15) is 0 Å². The summed E-state index contributed by atoms with van der Waals surface area (Å²) in [6, 6.07) is 27.0. The number of aliphatic hydroxyl groups excluding tert-OH is 1. The van der Waals surface area contributed by atoms with Gasteiger partial charge in [0.05, 0.1) is 26.2 Å². The summed E-state index contributed by atoms with van der Waals surface area (Å²) in [5.74, 6) is 0.496. The van der Waals surface area contributed by atoms with E-state index in [4.69, 9.17) is 46.4 Å². The van der Waals surface area contributed by atoms with Gasteiger partial charge in [-0.05, 0) is 58.5 Å². The molecule has 182 valence electrons. The van der Waals surface area contributed by atoms with Crippen molar-refractivity contribution in [1.29, 1.82) is 0 Å². The zero-order valence-electron chi connectivity index (χ0n) is 19.1. The van der Waals surface area contributed by atoms with Gasteiger partial charge in [-0.1, -0.05) is 107 Å². The van der Waals surface area contributed by atoms with Gasteiger partial charge in [0.1, 0.15) is 0 Å². The van der Waals surface area contributed by atoms with Gasteiger partial charge in [0.15, 0.2) is 5.78 Å².